The van der Waals surface area contributed by atoms with Gasteiger partial charge in [0.1, 0.15) is 5.82 Å². The molecule has 0 aliphatic carbocycles. The van der Waals surface area contributed by atoms with E-state index in [0.29, 0.717) is 5.02 Å². The Labute approximate surface area is 119 Å². The number of rotatable bonds is 0. The summed E-state index contributed by atoms with van der Waals surface area (Å²) in [5.74, 6) is -0.189. The van der Waals surface area contributed by atoms with E-state index < -0.39 is 0 Å². The van der Waals surface area contributed by atoms with Gasteiger partial charge < -0.3 is 10.2 Å². The molecular weight excluding hydrogens is 263 g/mol. The van der Waals surface area contributed by atoms with Gasteiger partial charge in [-0.3, -0.25) is 0 Å². The smallest absolute Gasteiger partial charge is 0.148 e. The summed E-state index contributed by atoms with van der Waals surface area (Å²) in [6.07, 6.45) is 2.12. The largest absolute Gasteiger partial charge is 0.371 e. The highest BCUT2D eigenvalue weighted by molar-refractivity contribution is 6.30. The highest BCUT2D eigenvalue weighted by atomic mass is 35.5. The van der Waals surface area contributed by atoms with Gasteiger partial charge in [0.25, 0.3) is 0 Å². The van der Waals surface area contributed by atoms with Crippen molar-refractivity contribution in [2.24, 2.45) is 0 Å². The highest BCUT2D eigenvalue weighted by Gasteiger charge is 2.43. The van der Waals surface area contributed by atoms with Crippen LogP contribution in [0.3, 0.4) is 0 Å². The van der Waals surface area contributed by atoms with Crippen LogP contribution < -0.4 is 10.2 Å². The number of benzene rings is 1. The van der Waals surface area contributed by atoms with Gasteiger partial charge in [-0.05, 0) is 43.6 Å². The lowest BCUT2D eigenvalue weighted by Gasteiger charge is -2.34. The summed E-state index contributed by atoms with van der Waals surface area (Å²) in [4.78, 5) is 2.03. The summed E-state index contributed by atoms with van der Waals surface area (Å²) < 4.78 is 14.0. The molecule has 2 heterocycles. The van der Waals surface area contributed by atoms with Gasteiger partial charge in [0, 0.05) is 24.0 Å². The van der Waals surface area contributed by atoms with Gasteiger partial charge in [-0.25, -0.2) is 4.39 Å². The summed E-state index contributed by atoms with van der Waals surface area (Å²) in [7, 11) is 1.96. The molecule has 3 rings (SSSR count). The summed E-state index contributed by atoms with van der Waals surface area (Å²) in [5, 5.41) is 3.87. The molecule has 0 saturated carbocycles. The SMILES string of the molecule is CC.CN1CC2(CCNCC2)c2cc(Cl)cc(F)c21. The Balaban J connectivity index is 0.000000637. The highest BCUT2D eigenvalue weighted by Crippen LogP contribution is 2.47. The van der Waals surface area contributed by atoms with Crippen LogP contribution in [0.5, 0.6) is 0 Å². The van der Waals surface area contributed by atoms with Gasteiger partial charge in [-0.1, -0.05) is 25.4 Å². The Morgan fingerprint density at radius 2 is 1.89 bits per heavy atom. The third kappa shape index (κ3) is 2.46. The maximum atomic E-state index is 14.0. The van der Waals surface area contributed by atoms with Gasteiger partial charge in [0.2, 0.25) is 0 Å². The zero-order valence-electron chi connectivity index (χ0n) is 11.9. The monoisotopic (exact) mass is 284 g/mol. The van der Waals surface area contributed by atoms with Crippen molar-refractivity contribution in [3.8, 4) is 0 Å². The molecule has 4 heteroatoms. The molecule has 1 aromatic rings. The van der Waals surface area contributed by atoms with E-state index in [9.17, 15) is 4.39 Å². The van der Waals surface area contributed by atoms with Crippen LogP contribution in [0.2, 0.25) is 5.02 Å². The fourth-order valence-electron chi connectivity index (χ4n) is 3.31. The maximum absolute atomic E-state index is 14.0. The van der Waals surface area contributed by atoms with E-state index in [2.05, 4.69) is 5.32 Å². The Kier molecular flexibility index (Phi) is 4.36. The van der Waals surface area contributed by atoms with E-state index >= 15 is 0 Å². The average molecular weight is 285 g/mol. The predicted octanol–water partition coefficient (Wildman–Crippen LogP) is 3.58. The van der Waals surface area contributed by atoms with Gasteiger partial charge in [-0.15, -0.1) is 0 Å². The molecule has 106 valence electrons. The first-order valence-corrected chi connectivity index (χ1v) is 7.42. The second kappa shape index (κ2) is 5.68. The number of anilines is 1. The topological polar surface area (TPSA) is 15.3 Å². The minimum atomic E-state index is -0.189. The van der Waals surface area contributed by atoms with Crippen LogP contribution in [0.15, 0.2) is 12.1 Å². The molecule has 1 spiro atoms. The van der Waals surface area contributed by atoms with Crippen molar-refractivity contribution in [1.82, 2.24) is 5.32 Å². The second-order valence-electron chi connectivity index (χ2n) is 5.17. The van der Waals surface area contributed by atoms with Crippen molar-refractivity contribution in [3.05, 3.63) is 28.5 Å². The number of piperidine rings is 1. The molecule has 0 bridgehead atoms. The van der Waals surface area contributed by atoms with E-state index in [-0.39, 0.29) is 11.2 Å². The van der Waals surface area contributed by atoms with Gasteiger partial charge in [0.05, 0.1) is 5.69 Å². The van der Waals surface area contributed by atoms with Crippen molar-refractivity contribution >= 4 is 17.3 Å². The summed E-state index contributed by atoms with van der Waals surface area (Å²) in [6, 6.07) is 3.37. The van der Waals surface area contributed by atoms with Crippen molar-refractivity contribution in [3.63, 3.8) is 0 Å². The van der Waals surface area contributed by atoms with Crippen LogP contribution in [-0.4, -0.2) is 26.7 Å². The number of nitrogens with one attached hydrogen (secondary N) is 1. The third-order valence-corrected chi connectivity index (χ3v) is 4.30. The average Bonchev–Trinajstić information content (AvgIpc) is 2.65. The Hall–Kier alpha value is -0.800. The number of nitrogens with zero attached hydrogens (tertiary/aromatic N) is 1. The first-order chi connectivity index (χ1) is 9.12. The first-order valence-electron chi connectivity index (χ1n) is 7.04. The van der Waals surface area contributed by atoms with Crippen molar-refractivity contribution < 1.29 is 4.39 Å². The first kappa shape index (κ1) is 14.6. The lowest BCUT2D eigenvalue weighted by Crippen LogP contribution is -2.42. The molecule has 1 saturated heterocycles. The van der Waals surface area contributed by atoms with Crippen LogP contribution in [0.4, 0.5) is 10.1 Å². The minimum absolute atomic E-state index is 0.0983. The molecule has 0 atom stereocenters. The van der Waals surface area contributed by atoms with Crippen molar-refractivity contribution in [1.29, 1.82) is 0 Å². The molecule has 0 radical (unpaired) electrons. The fourth-order valence-corrected chi connectivity index (χ4v) is 3.51. The Morgan fingerprint density at radius 3 is 2.53 bits per heavy atom. The van der Waals surface area contributed by atoms with Gasteiger partial charge >= 0.3 is 0 Å². The zero-order valence-corrected chi connectivity index (χ0v) is 12.6. The van der Waals surface area contributed by atoms with Crippen LogP contribution >= 0.6 is 11.6 Å². The molecule has 1 fully saturated rings. The molecule has 19 heavy (non-hydrogen) atoms. The third-order valence-electron chi connectivity index (χ3n) is 4.08. The van der Waals surface area contributed by atoms with Crippen LogP contribution in [0.25, 0.3) is 0 Å². The van der Waals surface area contributed by atoms with Gasteiger partial charge in [-0.2, -0.15) is 0 Å². The lowest BCUT2D eigenvalue weighted by atomic mass is 9.75. The quantitative estimate of drug-likeness (QED) is 0.783. The molecule has 0 amide bonds. The van der Waals surface area contributed by atoms with Crippen molar-refractivity contribution in [2.75, 3.05) is 31.6 Å². The Bertz CT molecular complexity index is 456. The molecular formula is C15H22ClFN2. The number of fused-ring (bicyclic) bond motifs is 2. The fraction of sp³-hybridized carbons (Fsp3) is 0.600. The van der Waals surface area contributed by atoms with Crippen LogP contribution in [0, 0.1) is 5.82 Å². The van der Waals surface area contributed by atoms with E-state index in [1.807, 2.05) is 31.9 Å². The van der Waals surface area contributed by atoms with E-state index in [4.69, 9.17) is 11.6 Å². The number of likely N-dealkylation sites (N-methyl/N-ethyl adjacent to an activating group) is 1. The van der Waals surface area contributed by atoms with E-state index in [1.54, 1.807) is 0 Å². The summed E-state index contributed by atoms with van der Waals surface area (Å²) >= 11 is 6.00. The number of hydrogen-bond acceptors (Lipinski definition) is 2. The van der Waals surface area contributed by atoms with E-state index in [0.717, 1.165) is 43.7 Å². The molecule has 0 unspecified atom stereocenters. The molecule has 2 nitrogen and oxygen atoms in total. The van der Waals surface area contributed by atoms with Crippen LogP contribution in [-0.2, 0) is 5.41 Å². The summed E-state index contributed by atoms with van der Waals surface area (Å²) in [6.45, 7) is 6.91. The molecule has 2 aliphatic heterocycles. The molecule has 2 aliphatic rings. The summed E-state index contributed by atoms with van der Waals surface area (Å²) in [5.41, 5.74) is 1.95. The molecule has 0 aromatic heterocycles. The Morgan fingerprint density at radius 1 is 1.26 bits per heavy atom. The lowest BCUT2D eigenvalue weighted by molar-refractivity contribution is 0.327. The van der Waals surface area contributed by atoms with E-state index in [1.165, 1.54) is 6.07 Å². The molecule has 1 N–H and O–H groups in total. The normalized spacial score (nSPS) is 19.9. The standard InChI is InChI=1S/C13H16ClFN2.C2H6/c1-17-8-13(2-4-16-5-3-13)10-6-9(14)7-11(15)12(10)17;1-2/h6-7,16H,2-5,8H2,1H3;1-2H3. The maximum Gasteiger partial charge on any atom is 0.148 e. The number of hydrogen-bond donors (Lipinski definition) is 1. The van der Waals surface area contributed by atoms with Gasteiger partial charge in [0.15, 0.2) is 0 Å². The van der Waals surface area contributed by atoms with Crippen molar-refractivity contribution in [2.45, 2.75) is 32.1 Å². The minimum Gasteiger partial charge on any atom is -0.371 e. The molecule has 1 aromatic carbocycles. The number of halogens is 2. The zero-order chi connectivity index (χ0) is 14.0. The van der Waals surface area contributed by atoms with Crippen LogP contribution in [0.1, 0.15) is 32.3 Å². The second-order valence-corrected chi connectivity index (χ2v) is 5.61. The predicted molar refractivity (Wildman–Crippen MR) is 79.8 cm³/mol.